The highest BCUT2D eigenvalue weighted by Crippen LogP contribution is 2.45. The molecule has 4 N–H and O–H groups in total. The predicted molar refractivity (Wildman–Crippen MR) is 160 cm³/mol. The fraction of sp³-hybridized carbons (Fsp3) is 0.643. The van der Waals surface area contributed by atoms with Gasteiger partial charge in [-0.3, -0.25) is 4.98 Å². The molecule has 0 amide bonds. The Bertz CT molecular complexity index is 1530. The molecule has 3 heterocycles. The minimum Gasteiger partial charge on any atom is -0.390 e. The summed E-state index contributed by atoms with van der Waals surface area (Å²) in [6.07, 6.45) is 3.11. The zero-order valence-corrected chi connectivity index (χ0v) is 25.8. The highest BCUT2D eigenvalue weighted by atomic mass is 32.2. The average Bonchev–Trinajstić information content (AvgIpc) is 3.54. The standard InChI is InChI=1S/C28H40N6O4S2/c1-14-19(25-33-21-18(39-25)10-11-29-20(21)15-8-9-15)24(34-26(31-14)30-13-27(2,3)4)32-17-12-16(22(35)23(17)36)28(5,6)40(7,37)38/h10-11,15-17,22-23,35-36H,8-9,12-13H2,1-7H3,(H2,30,31,32,34)/t16-,17+,22+,23-/m0/s1. The first kappa shape index (κ1) is 29.1. The van der Waals surface area contributed by atoms with E-state index in [0.29, 0.717) is 24.2 Å². The summed E-state index contributed by atoms with van der Waals surface area (Å²) < 4.78 is 24.9. The van der Waals surface area contributed by atoms with Crippen LogP contribution in [0.2, 0.25) is 0 Å². The second kappa shape index (κ2) is 10.1. The van der Waals surface area contributed by atoms with E-state index in [4.69, 9.17) is 15.0 Å². The number of aromatic nitrogens is 4. The van der Waals surface area contributed by atoms with Gasteiger partial charge >= 0.3 is 0 Å². The van der Waals surface area contributed by atoms with Crippen molar-refractivity contribution in [1.29, 1.82) is 0 Å². The molecular weight excluding hydrogens is 548 g/mol. The first-order valence-electron chi connectivity index (χ1n) is 13.8. The monoisotopic (exact) mass is 588 g/mol. The van der Waals surface area contributed by atoms with Gasteiger partial charge in [-0.1, -0.05) is 20.8 Å². The van der Waals surface area contributed by atoms with Crippen molar-refractivity contribution in [1.82, 2.24) is 19.9 Å². The fourth-order valence-electron chi connectivity index (χ4n) is 5.31. The Morgan fingerprint density at radius 3 is 2.40 bits per heavy atom. The van der Waals surface area contributed by atoms with E-state index in [1.54, 1.807) is 25.2 Å². The summed E-state index contributed by atoms with van der Waals surface area (Å²) in [6.45, 7) is 12.1. The van der Waals surface area contributed by atoms with Gasteiger partial charge in [0.25, 0.3) is 0 Å². The molecule has 3 aromatic heterocycles. The number of hydrogen-bond acceptors (Lipinski definition) is 11. The lowest BCUT2D eigenvalue weighted by Gasteiger charge is -2.32. The average molecular weight is 589 g/mol. The van der Waals surface area contributed by atoms with E-state index >= 15 is 0 Å². The topological polar surface area (TPSA) is 150 Å². The first-order valence-corrected chi connectivity index (χ1v) is 16.5. The first-order chi connectivity index (χ1) is 18.6. The molecule has 0 unspecified atom stereocenters. The smallest absolute Gasteiger partial charge is 0.224 e. The van der Waals surface area contributed by atoms with Gasteiger partial charge in [0.2, 0.25) is 5.95 Å². The molecular formula is C28H40N6O4S2. The zero-order chi connectivity index (χ0) is 29.2. The van der Waals surface area contributed by atoms with Crippen LogP contribution in [-0.4, -0.2) is 74.4 Å². The minimum absolute atomic E-state index is 0.00102. The fourth-order valence-corrected chi connectivity index (χ4v) is 7.17. The molecule has 3 aromatic rings. The van der Waals surface area contributed by atoms with Crippen LogP contribution >= 0.6 is 11.3 Å². The van der Waals surface area contributed by atoms with Crippen LogP contribution in [0.5, 0.6) is 0 Å². The van der Waals surface area contributed by atoms with Gasteiger partial charge in [0.1, 0.15) is 22.4 Å². The Kier molecular flexibility index (Phi) is 7.38. The largest absolute Gasteiger partial charge is 0.390 e. The van der Waals surface area contributed by atoms with Crippen molar-refractivity contribution >= 4 is 43.2 Å². The highest BCUT2D eigenvalue weighted by Gasteiger charge is 2.52. The number of fused-ring (bicyclic) bond motifs is 1. The highest BCUT2D eigenvalue weighted by molar-refractivity contribution is 7.92. The molecule has 2 aliphatic carbocycles. The van der Waals surface area contributed by atoms with E-state index in [2.05, 4.69) is 36.4 Å². The van der Waals surface area contributed by atoms with Gasteiger partial charge in [-0.25, -0.2) is 18.4 Å². The van der Waals surface area contributed by atoms with Gasteiger partial charge in [-0.05, 0) is 51.5 Å². The molecule has 2 fully saturated rings. The van der Waals surface area contributed by atoms with E-state index < -0.39 is 38.8 Å². The summed E-state index contributed by atoms with van der Waals surface area (Å²) in [5.41, 5.74) is 3.36. The van der Waals surface area contributed by atoms with Gasteiger partial charge in [0.15, 0.2) is 9.84 Å². The van der Waals surface area contributed by atoms with Crippen LogP contribution in [0.1, 0.15) is 71.2 Å². The van der Waals surface area contributed by atoms with Gasteiger partial charge < -0.3 is 20.8 Å². The quantitative estimate of drug-likeness (QED) is 0.302. The molecule has 0 saturated heterocycles. The Morgan fingerprint density at radius 2 is 1.77 bits per heavy atom. The van der Waals surface area contributed by atoms with Gasteiger partial charge in [-0.15, -0.1) is 11.3 Å². The number of thiazole rings is 1. The second-order valence-corrected chi connectivity index (χ2v) is 16.7. The summed E-state index contributed by atoms with van der Waals surface area (Å²) in [4.78, 5) is 19.2. The normalized spacial score (nSPS) is 24.0. The van der Waals surface area contributed by atoms with Crippen molar-refractivity contribution < 1.29 is 18.6 Å². The molecule has 0 aliphatic heterocycles. The van der Waals surface area contributed by atoms with Crippen LogP contribution in [0.3, 0.4) is 0 Å². The van der Waals surface area contributed by atoms with Crippen LogP contribution < -0.4 is 10.6 Å². The molecule has 5 rings (SSSR count). The van der Waals surface area contributed by atoms with E-state index in [1.807, 2.05) is 19.2 Å². The van der Waals surface area contributed by atoms with E-state index in [1.165, 1.54) is 6.26 Å². The lowest BCUT2D eigenvalue weighted by atomic mass is 9.91. The number of aliphatic hydroxyl groups excluding tert-OH is 2. The third kappa shape index (κ3) is 5.55. The van der Waals surface area contributed by atoms with Gasteiger partial charge in [-0.2, -0.15) is 4.98 Å². The molecule has 0 bridgehead atoms. The lowest BCUT2D eigenvalue weighted by molar-refractivity contribution is 0.0106. The Hall–Kier alpha value is -2.41. The van der Waals surface area contributed by atoms with Crippen LogP contribution in [0.25, 0.3) is 20.8 Å². The Balaban J connectivity index is 1.55. The van der Waals surface area contributed by atoms with Crippen molar-refractivity contribution in [3.8, 4) is 10.6 Å². The van der Waals surface area contributed by atoms with Crippen molar-refractivity contribution in [2.75, 3.05) is 23.4 Å². The Morgan fingerprint density at radius 1 is 1.07 bits per heavy atom. The number of sulfone groups is 1. The molecule has 0 radical (unpaired) electrons. The molecule has 40 heavy (non-hydrogen) atoms. The minimum atomic E-state index is -3.49. The number of rotatable bonds is 8. The maximum absolute atomic E-state index is 12.5. The van der Waals surface area contributed by atoms with E-state index in [9.17, 15) is 18.6 Å². The molecule has 0 aromatic carbocycles. The maximum Gasteiger partial charge on any atom is 0.224 e. The zero-order valence-electron chi connectivity index (χ0n) is 24.2. The van der Waals surface area contributed by atoms with E-state index in [-0.39, 0.29) is 11.8 Å². The predicted octanol–water partition coefficient (Wildman–Crippen LogP) is 4.14. The van der Waals surface area contributed by atoms with E-state index in [0.717, 1.165) is 45.0 Å². The molecule has 12 heteroatoms. The number of aliphatic hydroxyl groups is 2. The van der Waals surface area contributed by atoms with Gasteiger partial charge in [0.05, 0.1) is 38.5 Å². The summed E-state index contributed by atoms with van der Waals surface area (Å²) >= 11 is 1.55. The summed E-state index contributed by atoms with van der Waals surface area (Å²) in [7, 11) is -3.49. The number of hydrogen-bond donors (Lipinski definition) is 4. The van der Waals surface area contributed by atoms with Crippen molar-refractivity contribution in [3.63, 3.8) is 0 Å². The number of pyridine rings is 1. The molecule has 4 atom stereocenters. The van der Waals surface area contributed by atoms with Crippen molar-refractivity contribution in [3.05, 3.63) is 23.7 Å². The second-order valence-electron chi connectivity index (χ2n) is 13.1. The van der Waals surface area contributed by atoms with Crippen LogP contribution in [0.4, 0.5) is 11.8 Å². The maximum atomic E-state index is 12.5. The number of aryl methyl sites for hydroxylation is 1. The molecule has 10 nitrogen and oxygen atoms in total. The number of anilines is 2. The van der Waals surface area contributed by atoms with Crippen LogP contribution in [0, 0.1) is 18.3 Å². The number of nitrogens with one attached hydrogen (secondary N) is 2. The molecule has 2 aliphatic rings. The summed E-state index contributed by atoms with van der Waals surface area (Å²) in [5, 5.41) is 29.4. The van der Waals surface area contributed by atoms with Gasteiger partial charge in [0, 0.05) is 30.8 Å². The summed E-state index contributed by atoms with van der Waals surface area (Å²) in [5.74, 6) is 0.719. The van der Waals surface area contributed by atoms with Crippen LogP contribution in [-0.2, 0) is 9.84 Å². The van der Waals surface area contributed by atoms with Crippen molar-refractivity contribution in [2.45, 2.75) is 89.7 Å². The SMILES string of the molecule is Cc1nc(NCC(C)(C)C)nc(N[C@@H]2C[C@H](C(C)(C)S(C)(=O)=O)[C@@H](O)[C@H]2O)c1-c1nc2c(C3CC3)nccc2s1. The van der Waals surface area contributed by atoms with Crippen molar-refractivity contribution in [2.24, 2.45) is 11.3 Å². The summed E-state index contributed by atoms with van der Waals surface area (Å²) in [6, 6.07) is 1.35. The Labute approximate surface area is 240 Å². The molecule has 2 saturated carbocycles. The third-order valence-electron chi connectivity index (χ3n) is 8.23. The number of nitrogens with zero attached hydrogens (tertiary/aromatic N) is 4. The molecule has 0 spiro atoms. The third-order valence-corrected chi connectivity index (χ3v) is 11.5. The lowest BCUT2D eigenvalue weighted by Crippen LogP contribution is -2.45. The van der Waals surface area contributed by atoms with Crippen LogP contribution in [0.15, 0.2) is 12.3 Å². The molecule has 218 valence electrons.